The Morgan fingerprint density at radius 1 is 1.37 bits per heavy atom. The summed E-state index contributed by atoms with van der Waals surface area (Å²) in [5, 5.41) is 3.35. The summed E-state index contributed by atoms with van der Waals surface area (Å²) in [6.45, 7) is 6.44. The number of ether oxygens (including phenoxy) is 1. The number of hydrogen-bond acceptors (Lipinski definition) is 2. The molecule has 1 N–H and O–H groups in total. The highest BCUT2D eigenvalue weighted by Gasteiger charge is 2.39. The van der Waals surface area contributed by atoms with Crippen molar-refractivity contribution in [3.63, 3.8) is 0 Å². The first-order valence-corrected chi connectivity index (χ1v) is 7.04. The zero-order valence-electron chi connectivity index (χ0n) is 12.3. The van der Waals surface area contributed by atoms with E-state index in [2.05, 4.69) is 19.2 Å². The highest BCUT2D eigenvalue weighted by molar-refractivity contribution is 5.29. The molecule has 0 saturated heterocycles. The smallest absolute Gasteiger partial charge is 0.165 e. The number of rotatable bonds is 3. The SMILES string of the molecule is CNC1C(Oc2cc(C)ccc2F)CCCC1(C)C. The van der Waals surface area contributed by atoms with E-state index in [0.717, 1.165) is 18.4 Å². The molecule has 0 spiro atoms. The van der Waals surface area contributed by atoms with Gasteiger partial charge in [-0.1, -0.05) is 19.9 Å². The summed E-state index contributed by atoms with van der Waals surface area (Å²) in [5.74, 6) is 0.104. The Labute approximate surface area is 115 Å². The molecule has 1 aromatic carbocycles. The Hall–Kier alpha value is -1.09. The van der Waals surface area contributed by atoms with Crippen LogP contribution in [0.15, 0.2) is 18.2 Å². The fourth-order valence-corrected chi connectivity index (χ4v) is 3.15. The fourth-order valence-electron chi connectivity index (χ4n) is 3.15. The average molecular weight is 265 g/mol. The van der Waals surface area contributed by atoms with Gasteiger partial charge in [0, 0.05) is 6.04 Å². The second-order valence-electron chi connectivity index (χ2n) is 6.24. The van der Waals surface area contributed by atoms with Gasteiger partial charge in [0.15, 0.2) is 11.6 Å². The van der Waals surface area contributed by atoms with Crippen LogP contribution in [-0.2, 0) is 0 Å². The van der Waals surface area contributed by atoms with Crippen LogP contribution in [0.4, 0.5) is 4.39 Å². The van der Waals surface area contributed by atoms with Crippen molar-refractivity contribution in [2.75, 3.05) is 7.05 Å². The van der Waals surface area contributed by atoms with Gasteiger partial charge in [-0.2, -0.15) is 0 Å². The first kappa shape index (κ1) is 14.3. The number of nitrogens with one attached hydrogen (secondary N) is 1. The molecule has 0 aliphatic heterocycles. The van der Waals surface area contributed by atoms with Crippen LogP contribution in [-0.4, -0.2) is 19.2 Å². The first-order chi connectivity index (χ1) is 8.94. The summed E-state index contributed by atoms with van der Waals surface area (Å²) in [6.07, 6.45) is 3.31. The van der Waals surface area contributed by atoms with Gasteiger partial charge in [0.25, 0.3) is 0 Å². The molecular weight excluding hydrogens is 241 g/mol. The Bertz CT molecular complexity index is 444. The fraction of sp³-hybridized carbons (Fsp3) is 0.625. The first-order valence-electron chi connectivity index (χ1n) is 7.04. The van der Waals surface area contributed by atoms with Gasteiger partial charge in [-0.25, -0.2) is 4.39 Å². The molecule has 0 amide bonds. The molecule has 3 heteroatoms. The van der Waals surface area contributed by atoms with Crippen LogP contribution in [0, 0.1) is 18.2 Å². The van der Waals surface area contributed by atoms with E-state index in [1.165, 1.54) is 12.5 Å². The molecule has 106 valence electrons. The van der Waals surface area contributed by atoms with Crippen LogP contribution in [0.3, 0.4) is 0 Å². The van der Waals surface area contributed by atoms with Crippen molar-refractivity contribution < 1.29 is 9.13 Å². The third kappa shape index (κ3) is 3.08. The summed E-state index contributed by atoms with van der Waals surface area (Å²) < 4.78 is 19.8. The molecule has 1 aliphatic carbocycles. The molecule has 2 rings (SSSR count). The number of hydrogen-bond donors (Lipinski definition) is 1. The Morgan fingerprint density at radius 2 is 2.11 bits per heavy atom. The maximum absolute atomic E-state index is 13.8. The van der Waals surface area contributed by atoms with E-state index in [4.69, 9.17) is 4.74 Å². The largest absolute Gasteiger partial charge is 0.486 e. The zero-order chi connectivity index (χ0) is 14.0. The normalized spacial score (nSPS) is 26.2. The molecule has 1 fully saturated rings. The molecule has 0 bridgehead atoms. The molecule has 1 aliphatic rings. The van der Waals surface area contributed by atoms with Crippen molar-refractivity contribution in [2.45, 2.75) is 52.2 Å². The van der Waals surface area contributed by atoms with Crippen LogP contribution < -0.4 is 10.1 Å². The molecular formula is C16H24FNO. The molecule has 2 unspecified atom stereocenters. The van der Waals surface area contributed by atoms with Gasteiger partial charge in [-0.05, 0) is 56.3 Å². The van der Waals surface area contributed by atoms with Crippen molar-refractivity contribution in [2.24, 2.45) is 5.41 Å². The highest BCUT2D eigenvalue weighted by atomic mass is 19.1. The lowest BCUT2D eigenvalue weighted by molar-refractivity contribution is 0.0379. The maximum Gasteiger partial charge on any atom is 0.165 e. The molecule has 19 heavy (non-hydrogen) atoms. The number of benzene rings is 1. The third-order valence-electron chi connectivity index (χ3n) is 4.20. The third-order valence-corrected chi connectivity index (χ3v) is 4.20. The van der Waals surface area contributed by atoms with E-state index in [-0.39, 0.29) is 23.4 Å². The average Bonchev–Trinajstić information content (AvgIpc) is 2.33. The summed E-state index contributed by atoms with van der Waals surface area (Å²) in [6, 6.07) is 5.28. The summed E-state index contributed by atoms with van der Waals surface area (Å²) in [5.41, 5.74) is 1.20. The predicted molar refractivity (Wildman–Crippen MR) is 76.0 cm³/mol. The van der Waals surface area contributed by atoms with Crippen molar-refractivity contribution in [1.29, 1.82) is 0 Å². The van der Waals surface area contributed by atoms with Gasteiger partial charge in [0.1, 0.15) is 6.10 Å². The minimum absolute atomic E-state index is 0.0325. The summed E-state index contributed by atoms with van der Waals surface area (Å²) in [4.78, 5) is 0. The standard InChI is InChI=1S/C16H24FNO/c1-11-7-8-12(17)14(10-11)19-13-6-5-9-16(2,3)15(13)18-4/h7-8,10,13,15,18H,5-6,9H2,1-4H3. The van der Waals surface area contributed by atoms with Crippen LogP contribution in [0.5, 0.6) is 5.75 Å². The van der Waals surface area contributed by atoms with E-state index >= 15 is 0 Å². The highest BCUT2D eigenvalue weighted by Crippen LogP contribution is 2.37. The van der Waals surface area contributed by atoms with Gasteiger partial charge in [0.05, 0.1) is 0 Å². The van der Waals surface area contributed by atoms with E-state index in [1.54, 1.807) is 12.1 Å². The van der Waals surface area contributed by atoms with Crippen LogP contribution >= 0.6 is 0 Å². The van der Waals surface area contributed by atoms with Crippen LogP contribution in [0.1, 0.15) is 38.7 Å². The molecule has 2 nitrogen and oxygen atoms in total. The Balaban J connectivity index is 2.19. The molecule has 1 saturated carbocycles. The molecule has 0 aromatic heterocycles. The lowest BCUT2D eigenvalue weighted by atomic mass is 9.72. The van der Waals surface area contributed by atoms with Gasteiger partial charge in [0.2, 0.25) is 0 Å². The van der Waals surface area contributed by atoms with E-state index in [9.17, 15) is 4.39 Å². The lowest BCUT2D eigenvalue weighted by Gasteiger charge is -2.43. The van der Waals surface area contributed by atoms with E-state index < -0.39 is 0 Å². The van der Waals surface area contributed by atoms with Crippen molar-refractivity contribution in [3.8, 4) is 5.75 Å². The Morgan fingerprint density at radius 3 is 2.79 bits per heavy atom. The number of aryl methyl sites for hydroxylation is 1. The maximum atomic E-state index is 13.8. The minimum atomic E-state index is -0.274. The topological polar surface area (TPSA) is 21.3 Å². The quantitative estimate of drug-likeness (QED) is 0.900. The number of halogens is 1. The van der Waals surface area contributed by atoms with Crippen molar-refractivity contribution in [1.82, 2.24) is 5.32 Å². The summed E-state index contributed by atoms with van der Waals surface area (Å²) >= 11 is 0. The van der Waals surface area contributed by atoms with E-state index in [1.807, 2.05) is 14.0 Å². The van der Waals surface area contributed by atoms with Crippen molar-refractivity contribution in [3.05, 3.63) is 29.6 Å². The Kier molecular flexibility index (Phi) is 4.14. The molecule has 1 aromatic rings. The number of likely N-dealkylation sites (N-methyl/N-ethyl adjacent to an activating group) is 1. The van der Waals surface area contributed by atoms with Gasteiger partial charge in [-0.15, -0.1) is 0 Å². The summed E-state index contributed by atoms with van der Waals surface area (Å²) in [7, 11) is 1.96. The molecule has 0 heterocycles. The second kappa shape index (κ2) is 5.49. The molecule has 0 radical (unpaired) electrons. The minimum Gasteiger partial charge on any atom is -0.486 e. The van der Waals surface area contributed by atoms with Gasteiger partial charge < -0.3 is 10.1 Å². The predicted octanol–water partition coefficient (Wildman–Crippen LogP) is 3.68. The zero-order valence-corrected chi connectivity index (χ0v) is 12.3. The van der Waals surface area contributed by atoms with E-state index in [0.29, 0.717) is 5.75 Å². The van der Waals surface area contributed by atoms with Gasteiger partial charge in [-0.3, -0.25) is 0 Å². The second-order valence-corrected chi connectivity index (χ2v) is 6.24. The molecule has 2 atom stereocenters. The monoisotopic (exact) mass is 265 g/mol. The van der Waals surface area contributed by atoms with Crippen molar-refractivity contribution >= 4 is 0 Å². The lowest BCUT2D eigenvalue weighted by Crippen LogP contribution is -2.53. The van der Waals surface area contributed by atoms with Crippen LogP contribution in [0.2, 0.25) is 0 Å². The van der Waals surface area contributed by atoms with Gasteiger partial charge >= 0.3 is 0 Å². The van der Waals surface area contributed by atoms with Crippen LogP contribution in [0.25, 0.3) is 0 Å².